The molecule has 3 rings (SSSR count). The zero-order valence-corrected chi connectivity index (χ0v) is 17.0. The van der Waals surface area contributed by atoms with Gasteiger partial charge >= 0.3 is 0 Å². The number of aryl methyl sites for hydroxylation is 1. The molecule has 0 spiro atoms. The van der Waals surface area contributed by atoms with Crippen molar-refractivity contribution in [3.8, 4) is 0 Å². The third-order valence-corrected chi connectivity index (χ3v) is 5.20. The summed E-state index contributed by atoms with van der Waals surface area (Å²) in [5, 5.41) is 4.14. The number of rotatable bonds is 4. The summed E-state index contributed by atoms with van der Waals surface area (Å²) < 4.78 is 0. The largest absolute Gasteiger partial charge is 0.368 e. The summed E-state index contributed by atoms with van der Waals surface area (Å²) in [5.74, 6) is 0.436. The van der Waals surface area contributed by atoms with E-state index in [9.17, 15) is 4.79 Å². The van der Waals surface area contributed by atoms with Crippen molar-refractivity contribution in [2.24, 2.45) is 10.7 Å². The van der Waals surface area contributed by atoms with Crippen molar-refractivity contribution in [3.05, 3.63) is 64.2 Å². The van der Waals surface area contributed by atoms with Crippen molar-refractivity contribution in [1.82, 2.24) is 10.2 Å². The molecule has 1 aliphatic rings. The number of amides is 1. The maximum Gasteiger partial charge on any atom is 0.248 e. The average Bonchev–Trinajstić information content (AvgIpc) is 2.71. The van der Waals surface area contributed by atoms with E-state index in [1.165, 1.54) is 11.3 Å². The number of aliphatic imine (C=N–C) groups is 1. The molecule has 2 aromatic carbocycles. The SMILES string of the molecule is CN=C(NCc1cccc(C(N)=O)c1)N1CCN(c2cc(Cl)ccc2C)CC1. The number of carbonyl (C=O) groups is 1. The minimum atomic E-state index is -0.418. The topological polar surface area (TPSA) is 74.0 Å². The molecule has 1 amide bonds. The molecule has 0 unspecified atom stereocenters. The standard InChI is InChI=1S/C21H26ClN5O/c1-15-6-7-18(22)13-19(15)26-8-10-27(11-9-26)21(24-2)25-14-16-4-3-5-17(12-16)20(23)28/h3-7,12-13H,8-11,14H2,1-2H3,(H2,23,28)(H,24,25). The van der Waals surface area contributed by atoms with Crippen molar-refractivity contribution in [3.63, 3.8) is 0 Å². The normalized spacial score (nSPS) is 14.9. The fourth-order valence-electron chi connectivity index (χ4n) is 3.43. The third-order valence-electron chi connectivity index (χ3n) is 4.97. The van der Waals surface area contributed by atoms with Crippen molar-refractivity contribution >= 4 is 29.2 Å². The highest BCUT2D eigenvalue weighted by molar-refractivity contribution is 6.30. The van der Waals surface area contributed by atoms with Gasteiger partial charge in [-0.2, -0.15) is 0 Å². The fraction of sp³-hybridized carbons (Fsp3) is 0.333. The van der Waals surface area contributed by atoms with Gasteiger partial charge in [0.05, 0.1) is 0 Å². The van der Waals surface area contributed by atoms with Crippen LogP contribution in [0.25, 0.3) is 0 Å². The van der Waals surface area contributed by atoms with E-state index in [2.05, 4.69) is 33.1 Å². The highest BCUT2D eigenvalue weighted by atomic mass is 35.5. The second-order valence-electron chi connectivity index (χ2n) is 6.87. The molecule has 0 atom stereocenters. The van der Waals surface area contributed by atoms with Crippen LogP contribution in [0.3, 0.4) is 0 Å². The molecule has 0 aromatic heterocycles. The predicted octanol–water partition coefficient (Wildman–Crippen LogP) is 2.64. The van der Waals surface area contributed by atoms with E-state index in [1.54, 1.807) is 13.1 Å². The summed E-state index contributed by atoms with van der Waals surface area (Å²) in [6, 6.07) is 13.4. The van der Waals surface area contributed by atoms with Crippen LogP contribution < -0.4 is 16.0 Å². The van der Waals surface area contributed by atoms with Crippen LogP contribution in [0, 0.1) is 6.92 Å². The van der Waals surface area contributed by atoms with Gasteiger partial charge in [0, 0.05) is 56.0 Å². The van der Waals surface area contributed by atoms with E-state index in [4.69, 9.17) is 17.3 Å². The Bertz CT molecular complexity index is 875. The lowest BCUT2D eigenvalue weighted by molar-refractivity contribution is 0.1000. The summed E-state index contributed by atoms with van der Waals surface area (Å²) in [7, 11) is 1.79. The van der Waals surface area contributed by atoms with Gasteiger partial charge in [0.25, 0.3) is 0 Å². The summed E-state index contributed by atoms with van der Waals surface area (Å²) in [6.07, 6.45) is 0. The van der Waals surface area contributed by atoms with E-state index < -0.39 is 5.91 Å². The van der Waals surface area contributed by atoms with Crippen LogP contribution in [0.2, 0.25) is 5.02 Å². The molecule has 148 valence electrons. The zero-order chi connectivity index (χ0) is 20.1. The first-order valence-corrected chi connectivity index (χ1v) is 9.71. The smallest absolute Gasteiger partial charge is 0.248 e. The maximum atomic E-state index is 11.3. The average molecular weight is 400 g/mol. The molecule has 3 N–H and O–H groups in total. The number of halogens is 1. The molecular formula is C21H26ClN5O. The minimum absolute atomic E-state index is 0.418. The van der Waals surface area contributed by atoms with Gasteiger partial charge in [0.1, 0.15) is 0 Å². The lowest BCUT2D eigenvalue weighted by Gasteiger charge is -2.38. The molecule has 1 heterocycles. The number of hydrogen-bond acceptors (Lipinski definition) is 3. The van der Waals surface area contributed by atoms with Crippen LogP contribution in [0.4, 0.5) is 5.69 Å². The summed E-state index contributed by atoms with van der Waals surface area (Å²) >= 11 is 6.17. The Hall–Kier alpha value is -2.73. The van der Waals surface area contributed by atoms with E-state index in [-0.39, 0.29) is 0 Å². The highest BCUT2D eigenvalue weighted by Crippen LogP contribution is 2.25. The number of guanidine groups is 1. The second kappa shape index (κ2) is 8.97. The Balaban J connectivity index is 1.59. The Labute approximate surface area is 171 Å². The quantitative estimate of drug-likeness (QED) is 0.612. The van der Waals surface area contributed by atoms with Crippen LogP contribution in [0.15, 0.2) is 47.5 Å². The molecule has 6 nitrogen and oxygen atoms in total. The molecule has 1 saturated heterocycles. The minimum Gasteiger partial charge on any atom is -0.368 e. The summed E-state index contributed by atoms with van der Waals surface area (Å²) in [4.78, 5) is 20.4. The monoisotopic (exact) mass is 399 g/mol. The Morgan fingerprint density at radius 1 is 1.18 bits per heavy atom. The Kier molecular flexibility index (Phi) is 6.41. The van der Waals surface area contributed by atoms with E-state index in [0.29, 0.717) is 12.1 Å². The number of benzene rings is 2. The van der Waals surface area contributed by atoms with E-state index in [0.717, 1.165) is 42.7 Å². The van der Waals surface area contributed by atoms with Gasteiger partial charge in [0.15, 0.2) is 5.96 Å². The zero-order valence-electron chi connectivity index (χ0n) is 16.3. The Morgan fingerprint density at radius 2 is 1.93 bits per heavy atom. The molecule has 1 aliphatic heterocycles. The van der Waals surface area contributed by atoms with Crippen LogP contribution in [-0.4, -0.2) is 50.0 Å². The van der Waals surface area contributed by atoms with Crippen molar-refractivity contribution in [2.75, 3.05) is 38.1 Å². The van der Waals surface area contributed by atoms with Crippen molar-refractivity contribution < 1.29 is 4.79 Å². The van der Waals surface area contributed by atoms with Crippen LogP contribution in [0.5, 0.6) is 0 Å². The molecule has 0 bridgehead atoms. The number of anilines is 1. The van der Waals surface area contributed by atoms with Crippen LogP contribution in [-0.2, 0) is 6.54 Å². The van der Waals surface area contributed by atoms with Gasteiger partial charge < -0.3 is 20.9 Å². The molecule has 0 saturated carbocycles. The van der Waals surface area contributed by atoms with Gasteiger partial charge in [0.2, 0.25) is 5.91 Å². The van der Waals surface area contributed by atoms with Gasteiger partial charge in [-0.05, 0) is 42.3 Å². The molecule has 0 aliphatic carbocycles. The third kappa shape index (κ3) is 4.75. The molecule has 0 radical (unpaired) electrons. The number of piperazine rings is 1. The number of nitrogens with zero attached hydrogens (tertiary/aromatic N) is 3. The molecular weight excluding hydrogens is 374 g/mol. The van der Waals surface area contributed by atoms with Gasteiger partial charge in [-0.3, -0.25) is 9.79 Å². The summed E-state index contributed by atoms with van der Waals surface area (Å²) in [6.45, 7) is 6.23. The number of primary amides is 1. The number of hydrogen-bond donors (Lipinski definition) is 2. The second-order valence-corrected chi connectivity index (χ2v) is 7.31. The number of carbonyl (C=O) groups excluding carboxylic acids is 1. The molecule has 7 heteroatoms. The van der Waals surface area contributed by atoms with Gasteiger partial charge in [-0.1, -0.05) is 29.8 Å². The van der Waals surface area contributed by atoms with Crippen LogP contribution in [0.1, 0.15) is 21.5 Å². The Morgan fingerprint density at radius 3 is 2.61 bits per heavy atom. The molecule has 1 fully saturated rings. The van der Waals surface area contributed by atoms with Gasteiger partial charge in [-0.25, -0.2) is 0 Å². The first-order valence-electron chi connectivity index (χ1n) is 9.33. The van der Waals surface area contributed by atoms with Crippen molar-refractivity contribution in [1.29, 1.82) is 0 Å². The van der Waals surface area contributed by atoms with E-state index >= 15 is 0 Å². The highest BCUT2D eigenvalue weighted by Gasteiger charge is 2.21. The lowest BCUT2D eigenvalue weighted by atomic mass is 10.1. The van der Waals surface area contributed by atoms with Crippen molar-refractivity contribution in [2.45, 2.75) is 13.5 Å². The van der Waals surface area contributed by atoms with Crippen LogP contribution >= 0.6 is 11.6 Å². The molecule has 2 aromatic rings. The first kappa shape index (κ1) is 20.0. The molecule has 28 heavy (non-hydrogen) atoms. The fourth-order valence-corrected chi connectivity index (χ4v) is 3.60. The first-order chi connectivity index (χ1) is 13.5. The number of nitrogens with two attached hydrogens (primary N) is 1. The van der Waals surface area contributed by atoms with Gasteiger partial charge in [-0.15, -0.1) is 0 Å². The number of nitrogens with one attached hydrogen (secondary N) is 1. The summed E-state index contributed by atoms with van der Waals surface area (Å²) in [5.41, 5.74) is 9.29. The predicted molar refractivity (Wildman–Crippen MR) is 115 cm³/mol. The van der Waals surface area contributed by atoms with E-state index in [1.807, 2.05) is 30.3 Å². The lowest BCUT2D eigenvalue weighted by Crippen LogP contribution is -2.52. The maximum absolute atomic E-state index is 11.3.